The minimum absolute atomic E-state index is 0.136. The Morgan fingerprint density at radius 3 is 2.83 bits per heavy atom. The summed E-state index contributed by atoms with van der Waals surface area (Å²) < 4.78 is 5.34. The molecule has 1 rings (SSSR count). The van der Waals surface area contributed by atoms with Crippen molar-refractivity contribution in [1.29, 1.82) is 0 Å². The second kappa shape index (κ2) is 3.47. The topological polar surface area (TPSA) is 29.5 Å². The average molecular weight is 168 g/mol. The molecule has 0 radical (unpaired) electrons. The molecule has 0 aromatic heterocycles. The molecule has 0 unspecified atom stereocenters. The molecule has 2 nitrogen and oxygen atoms in total. The molecule has 2 heteroatoms. The zero-order chi connectivity index (χ0) is 9.19. The largest absolute Gasteiger partial charge is 0.364 e. The predicted molar refractivity (Wildman–Crippen MR) is 47.3 cm³/mol. The van der Waals surface area contributed by atoms with E-state index in [1.165, 1.54) is 0 Å². The highest BCUT2D eigenvalue weighted by Gasteiger charge is 2.38. The highest BCUT2D eigenvalue weighted by Crippen LogP contribution is 2.33. The Balaban J connectivity index is 2.61. The molecule has 1 N–H and O–H groups in total. The second-order valence-electron chi connectivity index (χ2n) is 3.78. The highest BCUT2D eigenvalue weighted by molar-refractivity contribution is 4.94. The number of ether oxygens (including phenoxy) is 1. The molecule has 0 amide bonds. The Labute approximate surface area is 73.9 Å². The summed E-state index contributed by atoms with van der Waals surface area (Å²) in [6.45, 7) is 4.71. The van der Waals surface area contributed by atoms with Gasteiger partial charge in [-0.1, -0.05) is 13.8 Å². The van der Waals surface area contributed by atoms with E-state index in [1.54, 1.807) is 0 Å². The molecule has 1 fully saturated rings. The van der Waals surface area contributed by atoms with Gasteiger partial charge in [0, 0.05) is 5.92 Å². The van der Waals surface area contributed by atoms with Crippen LogP contribution in [0.2, 0.25) is 0 Å². The first-order valence-electron chi connectivity index (χ1n) is 4.38. The SMILES string of the molecule is C#CC[C@]1(O)OC[C@@H](C)C[C@H]1C. The van der Waals surface area contributed by atoms with Crippen LogP contribution in [0.4, 0.5) is 0 Å². The molecule has 0 saturated carbocycles. The van der Waals surface area contributed by atoms with Crippen LogP contribution in [0.5, 0.6) is 0 Å². The molecule has 0 aromatic rings. The third-order valence-electron chi connectivity index (χ3n) is 2.50. The van der Waals surface area contributed by atoms with Crippen LogP contribution in [0, 0.1) is 24.2 Å². The van der Waals surface area contributed by atoms with Gasteiger partial charge >= 0.3 is 0 Å². The summed E-state index contributed by atoms with van der Waals surface area (Å²) in [7, 11) is 0. The van der Waals surface area contributed by atoms with Crippen LogP contribution < -0.4 is 0 Å². The van der Waals surface area contributed by atoms with E-state index < -0.39 is 5.79 Å². The van der Waals surface area contributed by atoms with Gasteiger partial charge in [-0.15, -0.1) is 12.3 Å². The van der Waals surface area contributed by atoms with Crippen molar-refractivity contribution in [3.8, 4) is 12.3 Å². The van der Waals surface area contributed by atoms with E-state index >= 15 is 0 Å². The molecule has 0 spiro atoms. The number of rotatable bonds is 1. The van der Waals surface area contributed by atoms with Gasteiger partial charge in [0.2, 0.25) is 0 Å². The van der Waals surface area contributed by atoms with Crippen molar-refractivity contribution in [3.05, 3.63) is 0 Å². The summed E-state index contributed by atoms with van der Waals surface area (Å²) >= 11 is 0. The Morgan fingerprint density at radius 2 is 2.33 bits per heavy atom. The summed E-state index contributed by atoms with van der Waals surface area (Å²) in [5.74, 6) is 2.04. The number of terminal acetylenes is 1. The fourth-order valence-electron chi connectivity index (χ4n) is 1.66. The quantitative estimate of drug-likeness (QED) is 0.599. The van der Waals surface area contributed by atoms with Crippen molar-refractivity contribution >= 4 is 0 Å². The van der Waals surface area contributed by atoms with Crippen LogP contribution in [0.1, 0.15) is 26.7 Å². The minimum Gasteiger partial charge on any atom is -0.364 e. The van der Waals surface area contributed by atoms with Crippen LogP contribution in [0.15, 0.2) is 0 Å². The van der Waals surface area contributed by atoms with Crippen molar-refractivity contribution in [1.82, 2.24) is 0 Å². The van der Waals surface area contributed by atoms with Gasteiger partial charge in [0.1, 0.15) is 0 Å². The lowest BCUT2D eigenvalue weighted by molar-refractivity contribution is -0.259. The van der Waals surface area contributed by atoms with Crippen LogP contribution in [-0.4, -0.2) is 17.5 Å². The predicted octanol–water partition coefficient (Wildman–Crippen LogP) is 1.39. The van der Waals surface area contributed by atoms with Crippen molar-refractivity contribution in [2.45, 2.75) is 32.5 Å². The fraction of sp³-hybridized carbons (Fsp3) is 0.800. The molecule has 3 atom stereocenters. The van der Waals surface area contributed by atoms with Gasteiger partial charge in [0.15, 0.2) is 5.79 Å². The third-order valence-corrected chi connectivity index (χ3v) is 2.50. The van der Waals surface area contributed by atoms with E-state index in [-0.39, 0.29) is 5.92 Å². The van der Waals surface area contributed by atoms with E-state index in [1.807, 2.05) is 6.92 Å². The van der Waals surface area contributed by atoms with Crippen molar-refractivity contribution in [2.24, 2.45) is 11.8 Å². The maximum atomic E-state index is 9.89. The first kappa shape index (κ1) is 9.57. The van der Waals surface area contributed by atoms with E-state index in [9.17, 15) is 5.11 Å². The normalized spacial score (nSPS) is 42.2. The van der Waals surface area contributed by atoms with Gasteiger partial charge in [-0.05, 0) is 12.3 Å². The molecule has 0 bridgehead atoms. The molecule has 68 valence electrons. The zero-order valence-corrected chi connectivity index (χ0v) is 7.71. The molecule has 1 saturated heterocycles. The van der Waals surface area contributed by atoms with Crippen molar-refractivity contribution in [3.63, 3.8) is 0 Å². The Kier molecular flexibility index (Phi) is 2.76. The number of hydrogen-bond acceptors (Lipinski definition) is 2. The van der Waals surface area contributed by atoms with Crippen molar-refractivity contribution in [2.75, 3.05) is 6.61 Å². The fourth-order valence-corrected chi connectivity index (χ4v) is 1.66. The van der Waals surface area contributed by atoms with E-state index in [0.29, 0.717) is 18.9 Å². The standard InChI is InChI=1S/C10H16O2/c1-4-5-10(11)9(3)6-8(2)7-12-10/h1,8-9,11H,5-7H2,2-3H3/t8-,9+,10-/m0/s1. The number of hydrogen-bond donors (Lipinski definition) is 1. The lowest BCUT2D eigenvalue weighted by Crippen LogP contribution is -2.45. The van der Waals surface area contributed by atoms with Crippen LogP contribution in [-0.2, 0) is 4.74 Å². The number of aliphatic hydroxyl groups is 1. The maximum absolute atomic E-state index is 9.89. The lowest BCUT2D eigenvalue weighted by Gasteiger charge is -2.39. The first-order chi connectivity index (χ1) is 5.58. The highest BCUT2D eigenvalue weighted by atomic mass is 16.6. The summed E-state index contributed by atoms with van der Waals surface area (Å²) in [5, 5.41) is 9.89. The Bertz CT molecular complexity index is 195. The van der Waals surface area contributed by atoms with Crippen LogP contribution >= 0.6 is 0 Å². The summed E-state index contributed by atoms with van der Waals surface area (Å²) in [6.07, 6.45) is 6.43. The minimum atomic E-state index is -1.07. The van der Waals surface area contributed by atoms with Gasteiger partial charge < -0.3 is 9.84 Å². The van der Waals surface area contributed by atoms with Crippen LogP contribution in [0.3, 0.4) is 0 Å². The van der Waals surface area contributed by atoms with Crippen LogP contribution in [0.25, 0.3) is 0 Å². The summed E-state index contributed by atoms with van der Waals surface area (Å²) in [4.78, 5) is 0. The van der Waals surface area contributed by atoms with Gasteiger partial charge in [0.05, 0.1) is 13.0 Å². The molecule has 1 aliphatic rings. The van der Waals surface area contributed by atoms with E-state index in [4.69, 9.17) is 11.2 Å². The van der Waals surface area contributed by atoms with Crippen molar-refractivity contribution < 1.29 is 9.84 Å². The Morgan fingerprint density at radius 1 is 1.67 bits per heavy atom. The van der Waals surface area contributed by atoms with E-state index in [2.05, 4.69) is 12.8 Å². The van der Waals surface area contributed by atoms with Gasteiger partial charge in [-0.3, -0.25) is 0 Å². The van der Waals surface area contributed by atoms with Gasteiger partial charge in [-0.25, -0.2) is 0 Å². The molecular weight excluding hydrogens is 152 g/mol. The Hall–Kier alpha value is -0.520. The molecular formula is C10H16O2. The summed E-state index contributed by atoms with van der Waals surface area (Å²) in [5.41, 5.74) is 0. The summed E-state index contributed by atoms with van der Waals surface area (Å²) in [6, 6.07) is 0. The molecule has 1 aliphatic heterocycles. The first-order valence-corrected chi connectivity index (χ1v) is 4.38. The second-order valence-corrected chi connectivity index (χ2v) is 3.78. The third kappa shape index (κ3) is 1.80. The lowest BCUT2D eigenvalue weighted by atomic mass is 9.86. The van der Waals surface area contributed by atoms with Gasteiger partial charge in [-0.2, -0.15) is 0 Å². The van der Waals surface area contributed by atoms with E-state index in [0.717, 1.165) is 6.42 Å². The molecule has 12 heavy (non-hydrogen) atoms. The molecule has 0 aliphatic carbocycles. The maximum Gasteiger partial charge on any atom is 0.179 e. The van der Waals surface area contributed by atoms with Gasteiger partial charge in [0.25, 0.3) is 0 Å². The molecule has 1 heterocycles. The average Bonchev–Trinajstić information content (AvgIpc) is 1.99. The molecule has 0 aromatic carbocycles. The monoisotopic (exact) mass is 168 g/mol. The smallest absolute Gasteiger partial charge is 0.179 e. The zero-order valence-electron chi connectivity index (χ0n) is 7.71.